The molecule has 2 fully saturated rings. The topological polar surface area (TPSA) is 181 Å². The van der Waals surface area contributed by atoms with E-state index < -0.39 is 28.6 Å². The Morgan fingerprint density at radius 1 is 0.868 bits per heavy atom. The van der Waals surface area contributed by atoms with Crippen molar-refractivity contribution < 1.29 is 38.7 Å². The van der Waals surface area contributed by atoms with Gasteiger partial charge in [-0.3, -0.25) is 14.4 Å². The fourth-order valence-electron chi connectivity index (χ4n) is 10.0. The number of aryl methyl sites for hydroxylation is 3. The fourth-order valence-corrected chi connectivity index (χ4v) is 10.8. The predicted octanol–water partition coefficient (Wildman–Crippen LogP) is 11.2. The average molecular weight is 1050 g/mol. The van der Waals surface area contributed by atoms with E-state index in [0.29, 0.717) is 39.6 Å². The van der Waals surface area contributed by atoms with E-state index in [9.17, 15) is 19.0 Å². The zero-order valence-electron chi connectivity index (χ0n) is 45.1. The van der Waals surface area contributed by atoms with Crippen LogP contribution in [0.25, 0.3) is 22.1 Å². The molecule has 3 aromatic carbocycles. The van der Waals surface area contributed by atoms with E-state index in [0.717, 1.165) is 103 Å². The molecule has 7 aromatic rings. The lowest BCUT2D eigenvalue weighted by atomic mass is 9.78. The number of ether oxygens (including phenoxy) is 3. The SMILES string of the molecule is CCCC1CCOCC1.Cc1ccc(C2CC=CCC2CN2CCN(c3ccc(C(=O)NS(=O)c4ccc(C)c([NH2+]O)c4)c(Oc4cnc5[nH]ccc5c4)c3)CC2)cc1.Cc1cnc2c(ccn2C(=O)OC(C)(C)C)c1. The summed E-state index contributed by atoms with van der Waals surface area (Å²) in [5.74, 6) is 2.39. The number of aromatic amines is 1. The summed E-state index contributed by atoms with van der Waals surface area (Å²) >= 11 is 0. The predicted molar refractivity (Wildman–Crippen MR) is 300 cm³/mol. The standard InChI is InChI=1S/C39H42N6O4S.C13H16N2O2.C8H16O/c1-26-7-10-28(11-8-26)34-6-4-3-5-30(34)25-44-17-19-45(20-18-44)31-12-14-35(37(22-31)49-32-21-29-15-16-40-38(29)41-24-32)39(46)43-50(48)33-13-9-27(2)36(23-33)42-47;1-9-7-10-5-6-15(11(10)14-8-9)12(16)17-13(2,3)4;1-2-3-8-4-6-9-7-5-8/h3-4,7-16,21-24,30,34,42,47H,5-6,17-20,25H2,1-2H3,(H,40,41)(H,43,46);5-8H,1-4H3;8H,2-7H2,1H3/p+1. The molecule has 4 aromatic heterocycles. The molecule has 0 bridgehead atoms. The van der Waals surface area contributed by atoms with Crippen molar-refractivity contribution in [1.29, 1.82) is 0 Å². The second kappa shape index (κ2) is 25.9. The van der Waals surface area contributed by atoms with Crippen LogP contribution in [0.1, 0.15) is 105 Å². The first-order valence-electron chi connectivity index (χ1n) is 26.6. The number of aromatic nitrogens is 4. The summed E-state index contributed by atoms with van der Waals surface area (Å²) in [6, 6.07) is 27.2. The molecule has 2 saturated heterocycles. The summed E-state index contributed by atoms with van der Waals surface area (Å²) in [4.78, 5) is 42.6. The van der Waals surface area contributed by atoms with Crippen molar-refractivity contribution in [2.24, 2.45) is 11.8 Å². The highest BCUT2D eigenvalue weighted by atomic mass is 32.2. The number of nitrogens with zero attached hydrogens (tertiary/aromatic N) is 5. The van der Waals surface area contributed by atoms with Crippen LogP contribution in [-0.2, 0) is 20.5 Å². The highest BCUT2D eigenvalue weighted by molar-refractivity contribution is 7.83. The number of hydrogen-bond donors (Lipinski definition) is 4. The van der Waals surface area contributed by atoms with Crippen LogP contribution < -0.4 is 19.8 Å². The molecule has 5 N–H and O–H groups in total. The third-order valence-electron chi connectivity index (χ3n) is 14.2. The molecule has 0 spiro atoms. The number of anilines is 1. The van der Waals surface area contributed by atoms with Crippen molar-refractivity contribution in [3.05, 3.63) is 150 Å². The number of nitrogens with one attached hydrogen (secondary N) is 2. The van der Waals surface area contributed by atoms with Gasteiger partial charge in [-0.15, -0.1) is 0 Å². The van der Waals surface area contributed by atoms with Crippen molar-refractivity contribution in [1.82, 2.24) is 29.1 Å². The molecule has 1 amide bonds. The van der Waals surface area contributed by atoms with E-state index in [1.54, 1.807) is 42.9 Å². The smallest absolute Gasteiger partial charge is 0.420 e. The second-order valence-corrected chi connectivity index (χ2v) is 22.4. The normalized spacial score (nSPS) is 17.6. The molecule has 1 aliphatic carbocycles. The van der Waals surface area contributed by atoms with Gasteiger partial charge in [0.2, 0.25) is 0 Å². The van der Waals surface area contributed by atoms with Crippen LogP contribution in [0.3, 0.4) is 0 Å². The van der Waals surface area contributed by atoms with Gasteiger partial charge in [-0.05, 0) is 139 Å². The van der Waals surface area contributed by atoms with Crippen molar-refractivity contribution in [3.8, 4) is 11.5 Å². The van der Waals surface area contributed by atoms with E-state index in [1.165, 1.54) is 41.4 Å². The van der Waals surface area contributed by atoms with Crippen LogP contribution in [0, 0.1) is 32.6 Å². The van der Waals surface area contributed by atoms with Gasteiger partial charge in [0.25, 0.3) is 5.91 Å². The van der Waals surface area contributed by atoms with Gasteiger partial charge in [0.05, 0.1) is 16.7 Å². The molecule has 3 unspecified atom stereocenters. The Labute approximate surface area is 449 Å². The Morgan fingerprint density at radius 3 is 2.37 bits per heavy atom. The number of H-pyrrole nitrogens is 1. The van der Waals surface area contributed by atoms with Crippen LogP contribution >= 0.6 is 0 Å². The molecule has 76 heavy (non-hydrogen) atoms. The third-order valence-corrected chi connectivity index (χ3v) is 15.2. The van der Waals surface area contributed by atoms with E-state index in [1.807, 2.05) is 77.2 Å². The third kappa shape index (κ3) is 14.8. The molecule has 15 nitrogen and oxygen atoms in total. The molecule has 3 atom stereocenters. The molecule has 402 valence electrons. The van der Waals surface area contributed by atoms with Crippen molar-refractivity contribution in [3.63, 3.8) is 0 Å². The number of piperazine rings is 1. The maximum Gasteiger partial charge on any atom is 0.420 e. The summed E-state index contributed by atoms with van der Waals surface area (Å²) in [7, 11) is -1.86. The average Bonchev–Trinajstić information content (AvgIpc) is 4.07. The fraction of sp³-hybridized carbons (Fsp3) is 0.400. The van der Waals surface area contributed by atoms with Crippen molar-refractivity contribution in [2.45, 2.75) is 103 Å². The molecule has 10 rings (SSSR count). The minimum atomic E-state index is -1.86. The van der Waals surface area contributed by atoms with Gasteiger partial charge in [0.15, 0.2) is 16.7 Å². The van der Waals surface area contributed by atoms with Gasteiger partial charge in [-0.1, -0.05) is 67.8 Å². The van der Waals surface area contributed by atoms with Crippen LogP contribution in [0.4, 0.5) is 16.2 Å². The number of benzene rings is 3. The number of allylic oxidation sites excluding steroid dienone is 2. The monoisotopic (exact) mass is 1050 g/mol. The molecule has 0 radical (unpaired) electrons. The maximum atomic E-state index is 13.6. The van der Waals surface area contributed by atoms with Gasteiger partial charge >= 0.3 is 6.09 Å². The highest BCUT2D eigenvalue weighted by Gasteiger charge is 2.29. The van der Waals surface area contributed by atoms with Crippen LogP contribution in [-0.4, -0.2) is 97.4 Å². The van der Waals surface area contributed by atoms with Crippen LogP contribution in [0.2, 0.25) is 0 Å². The number of nitrogens with two attached hydrogens (primary N) is 1. The largest absolute Gasteiger partial charge is 0.455 e. The summed E-state index contributed by atoms with van der Waals surface area (Å²) in [6.45, 7) is 20.4. The zero-order chi connectivity index (χ0) is 53.8. The summed E-state index contributed by atoms with van der Waals surface area (Å²) in [5, 5.41) is 11.4. The second-order valence-electron chi connectivity index (χ2n) is 21.2. The Morgan fingerprint density at radius 2 is 1.63 bits per heavy atom. The van der Waals surface area contributed by atoms with E-state index in [4.69, 9.17) is 14.2 Å². The molecule has 2 aliphatic heterocycles. The number of fused-ring (bicyclic) bond motifs is 2. The summed E-state index contributed by atoms with van der Waals surface area (Å²) in [6.07, 6.45) is 18.7. The number of amides is 1. The Bertz CT molecular complexity index is 3110. The quantitative estimate of drug-likeness (QED) is 0.0519. The Hall–Kier alpha value is -6.69. The number of pyridine rings is 2. The highest BCUT2D eigenvalue weighted by Crippen LogP contribution is 2.37. The molecule has 3 aliphatic rings. The number of hydrogen-bond acceptors (Lipinski definition) is 11. The first-order chi connectivity index (χ1) is 36.6. The van der Waals surface area contributed by atoms with Gasteiger partial charge < -0.3 is 24.1 Å². The van der Waals surface area contributed by atoms with Gasteiger partial charge in [0, 0.05) is 98.7 Å². The van der Waals surface area contributed by atoms with Gasteiger partial charge in [-0.2, -0.15) is 5.48 Å². The van der Waals surface area contributed by atoms with E-state index in [-0.39, 0.29) is 5.56 Å². The lowest BCUT2D eigenvalue weighted by Gasteiger charge is -2.40. The zero-order valence-corrected chi connectivity index (χ0v) is 45.9. The number of rotatable bonds is 12. The van der Waals surface area contributed by atoms with E-state index in [2.05, 4.69) is 79.7 Å². The first kappa shape index (κ1) is 55.5. The van der Waals surface area contributed by atoms with Crippen LogP contribution in [0.5, 0.6) is 11.5 Å². The van der Waals surface area contributed by atoms with Gasteiger partial charge in [0.1, 0.15) is 28.4 Å². The molecule has 0 saturated carbocycles. The minimum Gasteiger partial charge on any atom is -0.455 e. The van der Waals surface area contributed by atoms with E-state index >= 15 is 0 Å². The minimum absolute atomic E-state index is 0.253. The van der Waals surface area contributed by atoms with Crippen molar-refractivity contribution in [2.75, 3.05) is 50.8 Å². The molecule has 6 heterocycles. The van der Waals surface area contributed by atoms with Crippen molar-refractivity contribution >= 4 is 56.4 Å². The summed E-state index contributed by atoms with van der Waals surface area (Å²) in [5.41, 5.74) is 8.20. The number of quaternary nitrogens is 1. The maximum absolute atomic E-state index is 13.6. The van der Waals surface area contributed by atoms with Crippen LogP contribution in [0.15, 0.2) is 127 Å². The Balaban J connectivity index is 0.000000239. The summed E-state index contributed by atoms with van der Waals surface area (Å²) < 4.78 is 34.1. The number of carbonyl (C=O) groups excluding carboxylic acids is 2. The van der Waals surface area contributed by atoms with Gasteiger partial charge in [-0.25, -0.2) is 28.7 Å². The number of carbonyl (C=O) groups is 2. The Kier molecular flexibility index (Phi) is 18.9. The molecular weight excluding hydrogens is 977 g/mol. The lowest BCUT2D eigenvalue weighted by molar-refractivity contribution is -0.826. The molecular formula is C60H75N8O7S+. The first-order valence-corrected chi connectivity index (χ1v) is 27.8. The lowest BCUT2D eigenvalue weighted by Crippen LogP contribution is -2.74. The molecule has 16 heteroatoms.